The van der Waals surface area contributed by atoms with Gasteiger partial charge in [-0.05, 0) is 6.92 Å². The zero-order valence-electron chi connectivity index (χ0n) is 9.73. The van der Waals surface area contributed by atoms with Gasteiger partial charge < -0.3 is 5.32 Å². The van der Waals surface area contributed by atoms with E-state index in [1.807, 2.05) is 19.4 Å². The van der Waals surface area contributed by atoms with Crippen LogP contribution in [0.2, 0.25) is 0 Å². The van der Waals surface area contributed by atoms with Crippen molar-refractivity contribution in [2.75, 3.05) is 0 Å². The molecule has 88 valence electrons. The van der Waals surface area contributed by atoms with Crippen LogP contribution in [0.1, 0.15) is 12.5 Å². The molecule has 1 aliphatic rings. The summed E-state index contributed by atoms with van der Waals surface area (Å²) in [6.07, 6.45) is 7.19. The summed E-state index contributed by atoms with van der Waals surface area (Å²) in [6.45, 7) is 5.19. The van der Waals surface area contributed by atoms with Gasteiger partial charge in [0.15, 0.2) is 5.78 Å². The van der Waals surface area contributed by atoms with Crippen molar-refractivity contribution >= 4 is 22.5 Å². The summed E-state index contributed by atoms with van der Waals surface area (Å²) < 4.78 is 1.75. The van der Waals surface area contributed by atoms with Gasteiger partial charge in [0, 0.05) is 35.5 Å². The second-order valence-electron chi connectivity index (χ2n) is 3.66. The van der Waals surface area contributed by atoms with Gasteiger partial charge in [-0.2, -0.15) is 5.10 Å². The minimum atomic E-state index is 0.0100. The maximum atomic E-state index is 11.4. The fourth-order valence-corrected chi connectivity index (χ4v) is 2.54. The number of carbonyl (C=O) groups is 1. The van der Waals surface area contributed by atoms with Crippen molar-refractivity contribution in [3.8, 4) is 0 Å². The summed E-state index contributed by atoms with van der Waals surface area (Å²) in [5.74, 6) is 0.0100. The van der Waals surface area contributed by atoms with Crippen LogP contribution in [0.3, 0.4) is 0 Å². The first-order valence-corrected chi connectivity index (χ1v) is 5.94. The van der Waals surface area contributed by atoms with Crippen molar-refractivity contribution in [2.45, 2.75) is 6.92 Å². The third-order valence-corrected chi connectivity index (χ3v) is 3.48. The highest BCUT2D eigenvalue weighted by molar-refractivity contribution is 8.12. The van der Waals surface area contributed by atoms with Crippen LogP contribution >= 0.6 is 11.8 Å². The molecule has 0 saturated heterocycles. The van der Waals surface area contributed by atoms with Crippen molar-refractivity contribution in [3.63, 3.8) is 0 Å². The van der Waals surface area contributed by atoms with Crippen LogP contribution in [0, 0.1) is 0 Å². The van der Waals surface area contributed by atoms with E-state index in [1.165, 1.54) is 18.7 Å². The number of nitrogens with zero attached hydrogens (tertiary/aromatic N) is 2. The average molecular weight is 247 g/mol. The molecule has 2 heterocycles. The van der Waals surface area contributed by atoms with E-state index in [1.54, 1.807) is 17.0 Å². The molecule has 0 fully saturated rings. The number of hydrogen-bond donors (Lipinski definition) is 1. The molecule has 0 aromatic carbocycles. The number of Topliss-reactive ketones (excluding diaryl/α,β-unsaturated/α-hetero) is 1. The van der Waals surface area contributed by atoms with Gasteiger partial charge in [0.25, 0.3) is 0 Å². The SMILES string of the molecule is C=C/C(C(C)=O)=C1\NC=C(c2cnn(C)c2)S1. The number of thioether (sulfide) groups is 1. The number of ketones is 1. The second kappa shape index (κ2) is 4.63. The van der Waals surface area contributed by atoms with Crippen molar-refractivity contribution in [3.05, 3.63) is 47.4 Å². The number of carbonyl (C=O) groups excluding carboxylic acids is 1. The van der Waals surface area contributed by atoms with E-state index >= 15 is 0 Å². The summed E-state index contributed by atoms with van der Waals surface area (Å²) in [5, 5.41) is 8.04. The fraction of sp³-hybridized carbons (Fsp3) is 0.167. The lowest BCUT2D eigenvalue weighted by molar-refractivity contribution is -0.113. The highest BCUT2D eigenvalue weighted by Gasteiger charge is 2.18. The number of rotatable bonds is 3. The number of allylic oxidation sites excluding steroid dienone is 2. The van der Waals surface area contributed by atoms with E-state index in [0.717, 1.165) is 15.5 Å². The molecule has 1 aliphatic heterocycles. The van der Waals surface area contributed by atoms with E-state index in [9.17, 15) is 4.79 Å². The van der Waals surface area contributed by atoms with Crippen LogP contribution < -0.4 is 5.32 Å². The second-order valence-corrected chi connectivity index (χ2v) is 4.71. The first-order valence-electron chi connectivity index (χ1n) is 5.13. The summed E-state index contributed by atoms with van der Waals surface area (Å²) in [7, 11) is 1.87. The molecule has 2 rings (SSSR count). The molecule has 17 heavy (non-hydrogen) atoms. The quantitative estimate of drug-likeness (QED) is 0.830. The first kappa shape index (κ1) is 11.7. The molecule has 1 aromatic rings. The van der Waals surface area contributed by atoms with Gasteiger partial charge in [-0.1, -0.05) is 24.4 Å². The van der Waals surface area contributed by atoms with E-state index in [2.05, 4.69) is 17.0 Å². The molecule has 0 bridgehead atoms. The molecule has 0 atom stereocenters. The molecule has 0 unspecified atom stereocenters. The minimum Gasteiger partial charge on any atom is -0.354 e. The third-order valence-electron chi connectivity index (χ3n) is 2.36. The Hall–Kier alpha value is -1.75. The van der Waals surface area contributed by atoms with Gasteiger partial charge in [-0.15, -0.1) is 0 Å². The van der Waals surface area contributed by atoms with Crippen LogP contribution in [0.4, 0.5) is 0 Å². The summed E-state index contributed by atoms with van der Waals surface area (Å²) in [4.78, 5) is 12.4. The average Bonchev–Trinajstić information content (AvgIpc) is 2.87. The number of hydrogen-bond acceptors (Lipinski definition) is 4. The van der Waals surface area contributed by atoms with Crippen LogP contribution in [-0.2, 0) is 11.8 Å². The third kappa shape index (κ3) is 2.34. The summed E-state index contributed by atoms with van der Waals surface area (Å²) in [6, 6.07) is 0. The van der Waals surface area contributed by atoms with Crippen LogP contribution in [-0.4, -0.2) is 15.6 Å². The van der Waals surface area contributed by atoms with Gasteiger partial charge >= 0.3 is 0 Å². The van der Waals surface area contributed by atoms with Crippen LogP contribution in [0.15, 0.2) is 41.9 Å². The molecule has 1 aromatic heterocycles. The standard InChI is InChI=1S/C12H13N3OS/c1-4-10(8(2)16)12-13-6-11(17-12)9-5-14-15(3)7-9/h4-7,13H,1H2,2-3H3/b12-10-. The van der Waals surface area contributed by atoms with Crippen LogP contribution in [0.5, 0.6) is 0 Å². The molecule has 0 aliphatic carbocycles. The Labute approximate surface area is 104 Å². The van der Waals surface area contributed by atoms with Gasteiger partial charge in [0.05, 0.1) is 11.2 Å². The maximum absolute atomic E-state index is 11.4. The number of aromatic nitrogens is 2. The Morgan fingerprint density at radius 1 is 1.65 bits per heavy atom. The lowest BCUT2D eigenvalue weighted by atomic mass is 10.2. The zero-order valence-corrected chi connectivity index (χ0v) is 10.5. The molecule has 0 spiro atoms. The monoisotopic (exact) mass is 247 g/mol. The van der Waals surface area contributed by atoms with Crippen LogP contribution in [0.25, 0.3) is 4.91 Å². The van der Waals surface area contributed by atoms with E-state index in [0.29, 0.717) is 5.57 Å². The molecule has 0 radical (unpaired) electrons. The number of aryl methyl sites for hydroxylation is 1. The Balaban J connectivity index is 2.24. The van der Waals surface area contributed by atoms with Crippen molar-refractivity contribution < 1.29 is 4.79 Å². The van der Waals surface area contributed by atoms with E-state index in [4.69, 9.17) is 0 Å². The van der Waals surface area contributed by atoms with Gasteiger partial charge in [0.2, 0.25) is 0 Å². The summed E-state index contributed by atoms with van der Waals surface area (Å²) >= 11 is 1.52. The predicted molar refractivity (Wildman–Crippen MR) is 69.8 cm³/mol. The normalized spacial score (nSPS) is 17.4. The van der Waals surface area contributed by atoms with Gasteiger partial charge in [0.1, 0.15) is 0 Å². The molecule has 5 heteroatoms. The molecule has 0 amide bonds. The highest BCUT2D eigenvalue weighted by Crippen LogP contribution is 2.38. The highest BCUT2D eigenvalue weighted by atomic mass is 32.2. The Morgan fingerprint density at radius 2 is 2.41 bits per heavy atom. The largest absolute Gasteiger partial charge is 0.354 e. The lowest BCUT2D eigenvalue weighted by Crippen LogP contribution is -2.04. The molecule has 4 nitrogen and oxygen atoms in total. The van der Waals surface area contributed by atoms with E-state index in [-0.39, 0.29) is 5.78 Å². The molecular formula is C12H13N3OS. The topological polar surface area (TPSA) is 46.9 Å². The zero-order chi connectivity index (χ0) is 12.4. The Morgan fingerprint density at radius 3 is 2.94 bits per heavy atom. The Bertz CT molecular complexity index is 540. The predicted octanol–water partition coefficient (Wildman–Crippen LogP) is 2.04. The summed E-state index contributed by atoms with van der Waals surface area (Å²) in [5.41, 5.74) is 1.65. The molecular weight excluding hydrogens is 234 g/mol. The maximum Gasteiger partial charge on any atom is 0.162 e. The molecule has 0 saturated carbocycles. The van der Waals surface area contributed by atoms with Gasteiger partial charge in [-0.3, -0.25) is 9.48 Å². The lowest BCUT2D eigenvalue weighted by Gasteiger charge is -2.02. The molecule has 1 N–H and O–H groups in total. The van der Waals surface area contributed by atoms with E-state index < -0.39 is 0 Å². The fourth-order valence-electron chi connectivity index (χ4n) is 1.52. The van der Waals surface area contributed by atoms with Crippen molar-refractivity contribution in [1.29, 1.82) is 0 Å². The smallest absolute Gasteiger partial charge is 0.162 e. The number of nitrogens with one attached hydrogen (secondary N) is 1. The minimum absolute atomic E-state index is 0.0100. The van der Waals surface area contributed by atoms with Crippen molar-refractivity contribution in [2.24, 2.45) is 7.05 Å². The van der Waals surface area contributed by atoms with Crippen molar-refractivity contribution in [1.82, 2.24) is 15.1 Å². The Kier molecular flexibility index (Phi) is 3.19. The van der Waals surface area contributed by atoms with Gasteiger partial charge in [-0.25, -0.2) is 0 Å². The first-order chi connectivity index (χ1) is 8.11.